The summed E-state index contributed by atoms with van der Waals surface area (Å²) in [5, 5.41) is 0. The lowest BCUT2D eigenvalue weighted by Gasteiger charge is -2.22. The van der Waals surface area contributed by atoms with Gasteiger partial charge in [0.15, 0.2) is 0 Å². The minimum absolute atomic E-state index is 0.853. The molecule has 0 aliphatic heterocycles. The van der Waals surface area contributed by atoms with Crippen LogP contribution in [0, 0.1) is 0 Å². The van der Waals surface area contributed by atoms with E-state index in [1.165, 1.54) is 75.4 Å². The molecule has 0 saturated carbocycles. The minimum Gasteiger partial charge on any atom is -0.493 e. The van der Waals surface area contributed by atoms with Gasteiger partial charge >= 0.3 is 0 Å². The maximum Gasteiger partial charge on any atom is 0.122 e. The Bertz CT molecular complexity index is 441. The molecule has 144 valence electrons. The first kappa shape index (κ1) is 22.3. The van der Waals surface area contributed by atoms with Crippen LogP contribution in [0.25, 0.3) is 0 Å². The van der Waals surface area contributed by atoms with Gasteiger partial charge in [0.05, 0.1) is 6.61 Å². The van der Waals surface area contributed by atoms with E-state index in [1.54, 1.807) is 0 Å². The SMILES string of the molecule is CCCCCCCC[Si](C)(C)CCCc1ccccc1OCCCC. The summed E-state index contributed by atoms with van der Waals surface area (Å²) >= 11 is 0. The number of benzene rings is 1. The Labute approximate surface area is 158 Å². The Balaban J connectivity index is 2.28. The summed E-state index contributed by atoms with van der Waals surface area (Å²) in [6.45, 7) is 10.5. The molecule has 1 nitrogen and oxygen atoms in total. The van der Waals surface area contributed by atoms with Gasteiger partial charge in [-0.1, -0.05) is 109 Å². The third kappa shape index (κ3) is 10.7. The molecule has 0 aliphatic rings. The summed E-state index contributed by atoms with van der Waals surface area (Å²) < 4.78 is 5.98. The molecule has 1 aromatic carbocycles. The summed E-state index contributed by atoms with van der Waals surface area (Å²) in [6.07, 6.45) is 13.4. The summed E-state index contributed by atoms with van der Waals surface area (Å²) in [5.41, 5.74) is 1.41. The van der Waals surface area contributed by atoms with E-state index in [0.29, 0.717) is 0 Å². The van der Waals surface area contributed by atoms with Crippen LogP contribution >= 0.6 is 0 Å². The first-order valence-electron chi connectivity index (χ1n) is 10.8. The third-order valence-corrected chi connectivity index (χ3v) is 8.65. The van der Waals surface area contributed by atoms with Crippen molar-refractivity contribution in [3.63, 3.8) is 0 Å². The lowest BCUT2D eigenvalue weighted by Crippen LogP contribution is -2.24. The monoisotopic (exact) mass is 362 g/mol. The van der Waals surface area contributed by atoms with Crippen molar-refractivity contribution < 1.29 is 4.74 Å². The van der Waals surface area contributed by atoms with E-state index in [4.69, 9.17) is 4.74 Å². The molecule has 0 aromatic heterocycles. The van der Waals surface area contributed by atoms with E-state index in [0.717, 1.165) is 18.8 Å². The molecular formula is C23H42OSi. The Morgan fingerprint density at radius 2 is 1.40 bits per heavy atom. The minimum atomic E-state index is -1.02. The number of hydrogen-bond acceptors (Lipinski definition) is 1. The summed E-state index contributed by atoms with van der Waals surface area (Å²) in [6, 6.07) is 11.6. The maximum absolute atomic E-state index is 5.98. The molecule has 0 N–H and O–H groups in total. The van der Waals surface area contributed by atoms with Crippen LogP contribution in [0.2, 0.25) is 25.2 Å². The van der Waals surface area contributed by atoms with Crippen LogP contribution in [-0.4, -0.2) is 14.7 Å². The molecule has 25 heavy (non-hydrogen) atoms. The fraction of sp³-hybridized carbons (Fsp3) is 0.739. The van der Waals surface area contributed by atoms with E-state index >= 15 is 0 Å². The normalized spacial score (nSPS) is 11.7. The highest BCUT2D eigenvalue weighted by molar-refractivity contribution is 6.77. The molecule has 0 heterocycles. The molecule has 0 spiro atoms. The third-order valence-electron chi connectivity index (χ3n) is 5.23. The molecule has 0 fully saturated rings. The molecular weight excluding hydrogens is 320 g/mol. The Kier molecular flexibility index (Phi) is 12.0. The zero-order chi connectivity index (χ0) is 18.4. The fourth-order valence-corrected chi connectivity index (χ4v) is 6.03. The van der Waals surface area contributed by atoms with Crippen LogP contribution in [0.1, 0.15) is 77.2 Å². The van der Waals surface area contributed by atoms with Crippen molar-refractivity contribution in [1.29, 1.82) is 0 Å². The highest BCUT2D eigenvalue weighted by Crippen LogP contribution is 2.25. The van der Waals surface area contributed by atoms with Crippen LogP contribution in [0.3, 0.4) is 0 Å². The van der Waals surface area contributed by atoms with E-state index in [9.17, 15) is 0 Å². The molecule has 0 amide bonds. The lowest BCUT2D eigenvalue weighted by molar-refractivity contribution is 0.306. The summed E-state index contributed by atoms with van der Waals surface area (Å²) in [7, 11) is -1.02. The second kappa shape index (κ2) is 13.4. The van der Waals surface area contributed by atoms with Crippen molar-refractivity contribution in [3.8, 4) is 5.75 Å². The van der Waals surface area contributed by atoms with E-state index < -0.39 is 8.07 Å². The Hall–Kier alpha value is -0.763. The zero-order valence-electron chi connectivity index (χ0n) is 17.4. The van der Waals surface area contributed by atoms with Crippen molar-refractivity contribution in [1.82, 2.24) is 0 Å². The number of hydrogen-bond donors (Lipinski definition) is 0. The van der Waals surface area contributed by atoms with Crippen LogP contribution in [-0.2, 0) is 6.42 Å². The van der Waals surface area contributed by atoms with Crippen molar-refractivity contribution in [2.75, 3.05) is 6.61 Å². The predicted octanol–water partition coefficient (Wildman–Crippen LogP) is 7.87. The zero-order valence-corrected chi connectivity index (χ0v) is 18.4. The predicted molar refractivity (Wildman–Crippen MR) is 116 cm³/mol. The van der Waals surface area contributed by atoms with E-state index in [2.05, 4.69) is 51.2 Å². The number of unbranched alkanes of at least 4 members (excludes halogenated alkanes) is 6. The highest BCUT2D eigenvalue weighted by Gasteiger charge is 2.19. The topological polar surface area (TPSA) is 9.23 Å². The Morgan fingerprint density at radius 3 is 2.16 bits per heavy atom. The second-order valence-corrected chi connectivity index (χ2v) is 13.7. The molecule has 0 aliphatic carbocycles. The number of para-hydroxylation sites is 1. The lowest BCUT2D eigenvalue weighted by atomic mass is 10.1. The molecule has 1 rings (SSSR count). The van der Waals surface area contributed by atoms with Crippen molar-refractivity contribution in [2.45, 2.75) is 103 Å². The van der Waals surface area contributed by atoms with Gasteiger partial charge in [-0.3, -0.25) is 0 Å². The number of rotatable bonds is 15. The largest absolute Gasteiger partial charge is 0.493 e. The van der Waals surface area contributed by atoms with Gasteiger partial charge in [0.2, 0.25) is 0 Å². The van der Waals surface area contributed by atoms with E-state index in [1.807, 2.05) is 0 Å². The highest BCUT2D eigenvalue weighted by atomic mass is 28.3. The second-order valence-electron chi connectivity index (χ2n) is 8.35. The maximum atomic E-state index is 5.98. The van der Waals surface area contributed by atoms with Crippen molar-refractivity contribution in [2.24, 2.45) is 0 Å². The van der Waals surface area contributed by atoms with Gasteiger partial charge in [-0.2, -0.15) is 0 Å². The average molecular weight is 363 g/mol. The summed E-state index contributed by atoms with van der Waals surface area (Å²) in [5.74, 6) is 1.12. The average Bonchev–Trinajstić information content (AvgIpc) is 2.59. The van der Waals surface area contributed by atoms with E-state index in [-0.39, 0.29) is 0 Å². The number of aryl methyl sites for hydroxylation is 1. The van der Waals surface area contributed by atoms with Gasteiger partial charge in [-0.05, 0) is 24.5 Å². The smallest absolute Gasteiger partial charge is 0.122 e. The molecule has 2 heteroatoms. The van der Waals surface area contributed by atoms with Crippen molar-refractivity contribution in [3.05, 3.63) is 29.8 Å². The van der Waals surface area contributed by atoms with Gasteiger partial charge in [-0.15, -0.1) is 0 Å². The van der Waals surface area contributed by atoms with Gasteiger partial charge in [0, 0.05) is 8.07 Å². The fourth-order valence-electron chi connectivity index (χ4n) is 3.44. The van der Waals surface area contributed by atoms with Gasteiger partial charge < -0.3 is 4.74 Å². The van der Waals surface area contributed by atoms with Gasteiger partial charge in [-0.25, -0.2) is 0 Å². The quantitative estimate of drug-likeness (QED) is 0.228. The first-order valence-corrected chi connectivity index (χ1v) is 14.2. The Morgan fingerprint density at radius 1 is 0.760 bits per heavy atom. The molecule has 0 saturated heterocycles. The molecule has 1 aromatic rings. The van der Waals surface area contributed by atoms with Gasteiger partial charge in [0.25, 0.3) is 0 Å². The molecule has 0 radical (unpaired) electrons. The van der Waals surface area contributed by atoms with Gasteiger partial charge in [0.1, 0.15) is 5.75 Å². The first-order chi connectivity index (χ1) is 12.1. The standard InChI is InChI=1S/C23H42OSi/c1-5-7-9-10-11-14-20-25(3,4)21-15-17-22-16-12-13-18-23(22)24-19-8-6-2/h12-13,16,18H,5-11,14-15,17,19-21H2,1-4H3. The summed E-state index contributed by atoms with van der Waals surface area (Å²) in [4.78, 5) is 0. The molecule has 0 unspecified atom stereocenters. The van der Waals surface area contributed by atoms with Crippen LogP contribution in [0.15, 0.2) is 24.3 Å². The van der Waals surface area contributed by atoms with Crippen LogP contribution in [0.5, 0.6) is 5.75 Å². The molecule has 0 bridgehead atoms. The molecule has 0 atom stereocenters. The number of ether oxygens (including phenoxy) is 1. The van der Waals surface area contributed by atoms with Crippen LogP contribution < -0.4 is 4.74 Å². The van der Waals surface area contributed by atoms with Crippen LogP contribution in [0.4, 0.5) is 0 Å². The van der Waals surface area contributed by atoms with Crippen molar-refractivity contribution >= 4 is 8.07 Å².